The number of hydrogen-bond donors (Lipinski definition) is 2. The van der Waals surface area contributed by atoms with Crippen LogP contribution in [-0.4, -0.2) is 23.6 Å². The summed E-state index contributed by atoms with van der Waals surface area (Å²) in [7, 11) is 0. The summed E-state index contributed by atoms with van der Waals surface area (Å²) in [6.45, 7) is 12.9. The van der Waals surface area contributed by atoms with E-state index in [2.05, 4.69) is 31.4 Å². The molecule has 2 N–H and O–H groups in total. The average Bonchev–Trinajstić information content (AvgIpc) is 2.32. The van der Waals surface area contributed by atoms with E-state index in [9.17, 15) is 4.79 Å². The molecule has 1 rings (SSSR count). The number of amides is 1. The Bertz CT molecular complexity index is 470. The molecule has 0 saturated carbocycles. The number of para-hydroxylation sites is 1. The molecular weight excluding hydrogens is 264 g/mol. The predicted molar refractivity (Wildman–Crippen MR) is 86.4 cm³/mol. The molecule has 4 heteroatoms. The Kier molecular flexibility index (Phi) is 5.78. The smallest absolute Gasteiger partial charge is 0.258 e. The van der Waals surface area contributed by atoms with E-state index in [1.165, 1.54) is 0 Å². The molecule has 0 fully saturated rings. The summed E-state index contributed by atoms with van der Waals surface area (Å²) in [6, 6.07) is 7.79. The number of rotatable bonds is 5. The number of carbonyl (C=O) groups is 1. The summed E-state index contributed by atoms with van der Waals surface area (Å²) in [5.74, 6) is 0.638. The molecule has 0 unspecified atom stereocenters. The molecule has 0 aliphatic heterocycles. The average molecular weight is 292 g/mol. The second-order valence-corrected chi connectivity index (χ2v) is 7.30. The van der Waals surface area contributed by atoms with Gasteiger partial charge in [-0.1, -0.05) is 18.2 Å². The fourth-order valence-corrected chi connectivity index (χ4v) is 1.75. The molecule has 118 valence electrons. The van der Waals surface area contributed by atoms with Gasteiger partial charge in [0.1, 0.15) is 5.75 Å². The highest BCUT2D eigenvalue weighted by Crippen LogP contribution is 2.18. The van der Waals surface area contributed by atoms with Crippen LogP contribution in [0, 0.1) is 0 Å². The molecule has 0 atom stereocenters. The Morgan fingerprint density at radius 1 is 1.05 bits per heavy atom. The van der Waals surface area contributed by atoms with Gasteiger partial charge in [0.15, 0.2) is 6.61 Å². The van der Waals surface area contributed by atoms with Crippen molar-refractivity contribution in [2.24, 2.45) is 0 Å². The van der Waals surface area contributed by atoms with Crippen molar-refractivity contribution in [2.75, 3.05) is 6.61 Å². The van der Waals surface area contributed by atoms with Crippen LogP contribution < -0.4 is 15.4 Å². The first kappa shape index (κ1) is 17.5. The van der Waals surface area contributed by atoms with Gasteiger partial charge in [-0.15, -0.1) is 0 Å². The van der Waals surface area contributed by atoms with Crippen molar-refractivity contribution >= 4 is 5.91 Å². The molecule has 0 saturated heterocycles. The van der Waals surface area contributed by atoms with Crippen LogP contribution in [0.3, 0.4) is 0 Å². The summed E-state index contributed by atoms with van der Waals surface area (Å²) in [5, 5.41) is 6.31. The van der Waals surface area contributed by atoms with E-state index < -0.39 is 0 Å². The van der Waals surface area contributed by atoms with E-state index in [0.717, 1.165) is 11.3 Å². The van der Waals surface area contributed by atoms with Crippen molar-refractivity contribution in [1.82, 2.24) is 10.6 Å². The highest BCUT2D eigenvalue weighted by atomic mass is 16.5. The van der Waals surface area contributed by atoms with Gasteiger partial charge < -0.3 is 15.4 Å². The number of hydrogen-bond acceptors (Lipinski definition) is 3. The minimum absolute atomic E-state index is 0.0315. The molecule has 0 aromatic heterocycles. The number of nitrogens with one attached hydrogen (secondary N) is 2. The molecule has 21 heavy (non-hydrogen) atoms. The van der Waals surface area contributed by atoms with E-state index in [1.807, 2.05) is 45.0 Å². The van der Waals surface area contributed by atoms with Crippen LogP contribution in [0.5, 0.6) is 5.75 Å². The standard InChI is InChI=1S/C17H28N2O2/c1-16(2,3)18-11-13-9-7-8-10-14(13)21-12-15(20)19-17(4,5)6/h7-10,18H,11-12H2,1-6H3,(H,19,20). The summed E-state index contributed by atoms with van der Waals surface area (Å²) in [5.41, 5.74) is 0.848. The van der Waals surface area contributed by atoms with Gasteiger partial charge in [0.2, 0.25) is 0 Å². The third-order valence-electron chi connectivity index (χ3n) is 2.65. The first-order chi connectivity index (χ1) is 9.57. The molecule has 1 aromatic carbocycles. The zero-order valence-electron chi connectivity index (χ0n) is 14.0. The molecule has 1 aromatic rings. The maximum Gasteiger partial charge on any atom is 0.258 e. The highest BCUT2D eigenvalue weighted by molar-refractivity contribution is 5.78. The van der Waals surface area contributed by atoms with Crippen LogP contribution in [0.15, 0.2) is 24.3 Å². The SMILES string of the molecule is CC(C)(C)NCc1ccccc1OCC(=O)NC(C)(C)C. The molecule has 0 aliphatic rings. The molecule has 1 amide bonds. The lowest BCUT2D eigenvalue weighted by Gasteiger charge is -2.22. The molecule has 0 heterocycles. The lowest BCUT2D eigenvalue weighted by Crippen LogP contribution is -2.43. The van der Waals surface area contributed by atoms with Crippen LogP contribution >= 0.6 is 0 Å². The Labute approximate surface area is 128 Å². The first-order valence-corrected chi connectivity index (χ1v) is 7.33. The molecular formula is C17H28N2O2. The summed E-state index contributed by atoms with van der Waals surface area (Å²) in [6.07, 6.45) is 0. The van der Waals surface area contributed by atoms with Gasteiger partial charge in [-0.05, 0) is 47.6 Å². The van der Waals surface area contributed by atoms with Crippen LogP contribution in [0.25, 0.3) is 0 Å². The van der Waals surface area contributed by atoms with Crippen LogP contribution in [0.1, 0.15) is 47.1 Å². The van der Waals surface area contributed by atoms with Crippen LogP contribution in [-0.2, 0) is 11.3 Å². The van der Waals surface area contributed by atoms with Crippen molar-refractivity contribution in [2.45, 2.75) is 59.2 Å². The number of benzene rings is 1. The Morgan fingerprint density at radius 2 is 1.67 bits per heavy atom. The molecule has 0 bridgehead atoms. The zero-order valence-corrected chi connectivity index (χ0v) is 14.0. The van der Waals surface area contributed by atoms with Crippen molar-refractivity contribution in [3.8, 4) is 5.75 Å². The third-order valence-corrected chi connectivity index (χ3v) is 2.65. The Morgan fingerprint density at radius 3 is 2.24 bits per heavy atom. The van der Waals surface area contributed by atoms with E-state index in [-0.39, 0.29) is 23.6 Å². The van der Waals surface area contributed by atoms with Gasteiger partial charge in [0.05, 0.1) is 0 Å². The normalized spacial score (nSPS) is 12.1. The van der Waals surface area contributed by atoms with Gasteiger partial charge in [-0.3, -0.25) is 4.79 Å². The van der Waals surface area contributed by atoms with Gasteiger partial charge in [0, 0.05) is 23.2 Å². The Balaban J connectivity index is 2.61. The minimum Gasteiger partial charge on any atom is -0.483 e. The van der Waals surface area contributed by atoms with Crippen molar-refractivity contribution < 1.29 is 9.53 Å². The van der Waals surface area contributed by atoms with Crippen LogP contribution in [0.2, 0.25) is 0 Å². The van der Waals surface area contributed by atoms with Gasteiger partial charge in [0.25, 0.3) is 5.91 Å². The Hall–Kier alpha value is -1.55. The van der Waals surface area contributed by atoms with E-state index in [4.69, 9.17) is 4.74 Å². The predicted octanol–water partition coefficient (Wildman–Crippen LogP) is 2.87. The second kappa shape index (κ2) is 6.94. The van der Waals surface area contributed by atoms with Crippen molar-refractivity contribution in [3.05, 3.63) is 29.8 Å². The molecule has 4 nitrogen and oxygen atoms in total. The number of carbonyl (C=O) groups excluding carboxylic acids is 1. The topological polar surface area (TPSA) is 50.4 Å². The summed E-state index contributed by atoms with van der Waals surface area (Å²) >= 11 is 0. The largest absolute Gasteiger partial charge is 0.483 e. The van der Waals surface area contributed by atoms with Crippen LogP contribution in [0.4, 0.5) is 0 Å². The van der Waals surface area contributed by atoms with Crippen molar-refractivity contribution in [1.29, 1.82) is 0 Å². The minimum atomic E-state index is -0.242. The van der Waals surface area contributed by atoms with E-state index in [0.29, 0.717) is 6.54 Å². The lowest BCUT2D eigenvalue weighted by molar-refractivity contribution is -0.124. The van der Waals surface area contributed by atoms with Gasteiger partial charge >= 0.3 is 0 Å². The van der Waals surface area contributed by atoms with E-state index >= 15 is 0 Å². The van der Waals surface area contributed by atoms with Gasteiger partial charge in [-0.25, -0.2) is 0 Å². The maximum atomic E-state index is 11.8. The third kappa shape index (κ3) is 7.71. The molecule has 0 radical (unpaired) electrons. The highest BCUT2D eigenvalue weighted by Gasteiger charge is 2.15. The first-order valence-electron chi connectivity index (χ1n) is 7.33. The quantitative estimate of drug-likeness (QED) is 0.877. The lowest BCUT2D eigenvalue weighted by atomic mass is 10.1. The zero-order chi connectivity index (χ0) is 16.1. The fraction of sp³-hybridized carbons (Fsp3) is 0.588. The number of ether oxygens (including phenoxy) is 1. The second-order valence-electron chi connectivity index (χ2n) is 7.30. The summed E-state index contributed by atoms with van der Waals surface area (Å²) in [4.78, 5) is 11.8. The molecule has 0 aliphatic carbocycles. The van der Waals surface area contributed by atoms with Gasteiger partial charge in [-0.2, -0.15) is 0 Å². The monoisotopic (exact) mass is 292 g/mol. The maximum absolute atomic E-state index is 11.8. The van der Waals surface area contributed by atoms with E-state index in [1.54, 1.807) is 0 Å². The summed E-state index contributed by atoms with van der Waals surface area (Å²) < 4.78 is 5.66. The van der Waals surface area contributed by atoms with Crippen molar-refractivity contribution in [3.63, 3.8) is 0 Å². The fourth-order valence-electron chi connectivity index (χ4n) is 1.75. The molecule has 0 spiro atoms.